The minimum atomic E-state index is -2.43. The van der Waals surface area contributed by atoms with Gasteiger partial charge in [0.15, 0.2) is 0 Å². The second-order valence-electron chi connectivity index (χ2n) is 12.7. The van der Waals surface area contributed by atoms with Crippen LogP contribution in [0.5, 0.6) is 0 Å². The fourth-order valence-electron chi connectivity index (χ4n) is 3.89. The van der Waals surface area contributed by atoms with Gasteiger partial charge in [-0.3, -0.25) is 0 Å². The van der Waals surface area contributed by atoms with Crippen LogP contribution < -0.4 is 40.1 Å². The van der Waals surface area contributed by atoms with Crippen LogP contribution in [0.15, 0.2) is 0 Å². The zero-order valence-electron chi connectivity index (χ0n) is 25.4. The van der Waals surface area contributed by atoms with Crippen LogP contribution in [-0.4, -0.2) is 99.7 Å². The van der Waals surface area contributed by atoms with Crippen LogP contribution in [0.4, 0.5) is 8.78 Å². The van der Waals surface area contributed by atoms with Gasteiger partial charge >= 0.3 is 0 Å². The van der Waals surface area contributed by atoms with E-state index in [1.165, 1.54) is 57.9 Å². The molecule has 2 saturated heterocycles. The van der Waals surface area contributed by atoms with Crippen LogP contribution in [0.3, 0.4) is 0 Å². The summed E-state index contributed by atoms with van der Waals surface area (Å²) in [5.41, 5.74) is 37.3. The molecule has 7 fully saturated rings. The summed E-state index contributed by atoms with van der Waals surface area (Å²) >= 11 is 0. The van der Waals surface area contributed by atoms with Gasteiger partial charge < -0.3 is 54.5 Å². The number of hydrogen-bond acceptors (Lipinski definition) is 10. The molecule has 40 heavy (non-hydrogen) atoms. The predicted molar refractivity (Wildman–Crippen MR) is 160 cm³/mol. The van der Waals surface area contributed by atoms with Gasteiger partial charge in [-0.25, -0.2) is 8.78 Å². The van der Waals surface area contributed by atoms with Crippen molar-refractivity contribution >= 4 is 0 Å². The van der Waals surface area contributed by atoms with Gasteiger partial charge in [-0.05, 0) is 70.9 Å². The molecular weight excluding hydrogens is 518 g/mol. The van der Waals surface area contributed by atoms with Gasteiger partial charge in [-0.2, -0.15) is 0 Å². The molecule has 12 heteroatoms. The highest BCUT2D eigenvalue weighted by atomic mass is 19.3. The van der Waals surface area contributed by atoms with E-state index in [4.69, 9.17) is 49.6 Å². The highest BCUT2D eigenvalue weighted by molar-refractivity contribution is 4.91. The average molecular weight is 581 g/mol. The van der Waals surface area contributed by atoms with Gasteiger partial charge in [0, 0.05) is 62.7 Å². The van der Waals surface area contributed by atoms with E-state index in [0.717, 1.165) is 32.1 Å². The van der Waals surface area contributed by atoms with E-state index in [1.807, 2.05) is 0 Å². The van der Waals surface area contributed by atoms with Crippen molar-refractivity contribution in [3.8, 4) is 0 Å². The van der Waals surface area contributed by atoms with Crippen LogP contribution in [0.1, 0.15) is 77.6 Å². The lowest BCUT2D eigenvalue weighted by atomic mass is 9.83. The molecule has 0 aromatic rings. The van der Waals surface area contributed by atoms with E-state index in [2.05, 4.69) is 18.9 Å². The monoisotopic (exact) mass is 580 g/mol. The molecule has 14 N–H and O–H groups in total. The molecule has 2 aliphatic heterocycles. The number of halogens is 2. The van der Waals surface area contributed by atoms with Gasteiger partial charge in [0.25, 0.3) is 5.92 Å². The Labute approximate surface area is 241 Å². The smallest absolute Gasteiger partial charge is 0.251 e. The zero-order chi connectivity index (χ0) is 30.3. The van der Waals surface area contributed by atoms with E-state index in [-0.39, 0.29) is 18.9 Å². The SMILES string of the molecule is CC1CC(N)C1.CN1CCC(N)C1.COC1CC1N.NC1CC(F)(F)C1.NC1CC1.NC1CCC1.NC1COC1. The lowest BCUT2D eigenvalue weighted by Gasteiger charge is -2.31. The Morgan fingerprint density at radius 3 is 1.20 bits per heavy atom. The molecule has 2 heterocycles. The first-order valence-corrected chi connectivity index (χ1v) is 15.2. The van der Waals surface area contributed by atoms with Crippen molar-refractivity contribution < 1.29 is 18.3 Å². The molecule has 5 saturated carbocycles. The minimum absolute atomic E-state index is 0.118. The predicted octanol–water partition coefficient (Wildman–Crippen LogP) is 0.817. The molecule has 5 aliphatic carbocycles. The molecule has 0 amide bonds. The number of ether oxygens (including phenoxy) is 2. The summed E-state index contributed by atoms with van der Waals surface area (Å²) in [4.78, 5) is 2.25. The maximum Gasteiger partial charge on any atom is 0.251 e. The highest BCUT2D eigenvalue weighted by Crippen LogP contribution is 2.35. The molecule has 10 nitrogen and oxygen atoms in total. The molecule has 0 bridgehead atoms. The van der Waals surface area contributed by atoms with Gasteiger partial charge in [-0.1, -0.05) is 13.3 Å². The number of nitrogens with two attached hydrogens (primary N) is 7. The van der Waals surface area contributed by atoms with Crippen molar-refractivity contribution in [1.82, 2.24) is 4.90 Å². The topological polar surface area (TPSA) is 204 Å². The lowest BCUT2D eigenvalue weighted by Crippen LogP contribution is -2.45. The molecule has 0 spiro atoms. The van der Waals surface area contributed by atoms with Gasteiger partial charge in [-0.15, -0.1) is 0 Å². The molecule has 0 radical (unpaired) electrons. The maximum atomic E-state index is 11.7. The first-order valence-electron chi connectivity index (χ1n) is 15.2. The number of likely N-dealkylation sites (tertiary alicyclic amines) is 1. The molecule has 7 rings (SSSR count). The lowest BCUT2D eigenvalue weighted by molar-refractivity contribution is -0.0840. The summed E-state index contributed by atoms with van der Waals surface area (Å²) in [5.74, 6) is -1.51. The number of nitrogens with zero attached hydrogens (tertiary/aromatic N) is 1. The fraction of sp³-hybridized carbons (Fsp3) is 1.00. The minimum Gasteiger partial charge on any atom is -0.380 e. The molecule has 7 aliphatic rings. The van der Waals surface area contributed by atoms with Gasteiger partial charge in [0.1, 0.15) is 0 Å². The summed E-state index contributed by atoms with van der Waals surface area (Å²) in [6.07, 6.45) is 11.3. The normalized spacial score (nSPS) is 33.5. The van der Waals surface area contributed by atoms with Crippen LogP contribution in [-0.2, 0) is 9.47 Å². The third kappa shape index (κ3) is 20.4. The first kappa shape index (κ1) is 37.5. The van der Waals surface area contributed by atoms with E-state index < -0.39 is 5.92 Å². The second-order valence-corrected chi connectivity index (χ2v) is 12.7. The van der Waals surface area contributed by atoms with Crippen molar-refractivity contribution in [3.05, 3.63) is 0 Å². The second kappa shape index (κ2) is 19.6. The van der Waals surface area contributed by atoms with Gasteiger partial charge in [0.05, 0.1) is 25.4 Å². The van der Waals surface area contributed by atoms with E-state index in [9.17, 15) is 8.78 Å². The summed E-state index contributed by atoms with van der Waals surface area (Å²) < 4.78 is 33.0. The Bertz CT molecular complexity index is 599. The van der Waals surface area contributed by atoms with Crippen LogP contribution >= 0.6 is 0 Å². The Morgan fingerprint density at radius 1 is 0.725 bits per heavy atom. The van der Waals surface area contributed by atoms with Gasteiger partial charge in [0.2, 0.25) is 0 Å². The third-order valence-electron chi connectivity index (χ3n) is 7.48. The number of likely N-dealkylation sites (N-methyl/N-ethyl adjacent to an activating group) is 1. The Hall–Kier alpha value is -0.540. The van der Waals surface area contributed by atoms with Crippen molar-refractivity contribution in [1.29, 1.82) is 0 Å². The van der Waals surface area contributed by atoms with Crippen molar-refractivity contribution in [3.63, 3.8) is 0 Å². The highest BCUT2D eigenvalue weighted by Gasteiger charge is 2.43. The van der Waals surface area contributed by atoms with Crippen molar-refractivity contribution in [2.24, 2.45) is 46.1 Å². The van der Waals surface area contributed by atoms with E-state index in [0.29, 0.717) is 42.4 Å². The van der Waals surface area contributed by atoms with Crippen LogP contribution in [0.2, 0.25) is 0 Å². The number of rotatable bonds is 1. The zero-order valence-corrected chi connectivity index (χ0v) is 25.4. The Morgan fingerprint density at radius 2 is 1.18 bits per heavy atom. The molecular formula is C28H62F2N8O2. The summed E-state index contributed by atoms with van der Waals surface area (Å²) in [6.45, 7) is 6.03. The molecule has 0 aromatic carbocycles. The summed E-state index contributed by atoms with van der Waals surface area (Å²) in [7, 11) is 3.80. The number of hydrogen-bond donors (Lipinski definition) is 7. The number of alkyl halides is 2. The summed E-state index contributed by atoms with van der Waals surface area (Å²) in [6, 6.07) is 2.58. The fourth-order valence-corrected chi connectivity index (χ4v) is 3.89. The maximum absolute atomic E-state index is 11.7. The molecule has 240 valence electrons. The largest absolute Gasteiger partial charge is 0.380 e. The van der Waals surface area contributed by atoms with E-state index in [1.54, 1.807) is 7.11 Å². The standard InChI is InChI=1S/C5H12N2.C5H11N.C4H7F2N.C4H9NO.C4H9N.C3H7NO.C3H7N/c1-7-3-2-5(6)4-7;1-4-2-5(6)3-4;5-4(6)1-3(7)2-4;1-6-4-2-3(4)5;5-4-2-1-3-4;4-3-1-5-2-3;4-3-1-2-3/h5H,2-4,6H2,1H3;4-5H,2-3,6H2,1H3;3H,1-2,7H2;3-4H,2,5H2,1H3;4H,1-3,5H2;3H,1-2,4H2;3H,1-2,4H2. The van der Waals surface area contributed by atoms with E-state index >= 15 is 0 Å². The Balaban J connectivity index is 0.000000235. The molecule has 3 unspecified atom stereocenters. The molecule has 0 aromatic heterocycles. The third-order valence-corrected chi connectivity index (χ3v) is 7.48. The van der Waals surface area contributed by atoms with Crippen LogP contribution in [0, 0.1) is 5.92 Å². The molecule has 3 atom stereocenters. The van der Waals surface area contributed by atoms with Crippen LogP contribution in [0.25, 0.3) is 0 Å². The number of methoxy groups -OCH3 is 1. The Kier molecular flexibility index (Phi) is 18.4. The van der Waals surface area contributed by atoms with Crippen molar-refractivity contribution in [2.75, 3.05) is 40.5 Å². The first-order chi connectivity index (χ1) is 18.7. The quantitative estimate of drug-likeness (QED) is 0.232. The average Bonchev–Trinajstić information content (AvgIpc) is 3.72. The van der Waals surface area contributed by atoms with Crippen molar-refractivity contribution in [2.45, 2.75) is 132 Å². The summed E-state index contributed by atoms with van der Waals surface area (Å²) in [5, 5.41) is 0.